The number of halogens is 1. The van der Waals surface area contributed by atoms with Crippen molar-refractivity contribution in [3.05, 3.63) is 64.1 Å². The van der Waals surface area contributed by atoms with Crippen molar-refractivity contribution < 1.29 is 19.1 Å². The van der Waals surface area contributed by atoms with Crippen LogP contribution in [0, 0.1) is 0 Å². The number of carbonyl (C=O) groups is 2. The van der Waals surface area contributed by atoms with Crippen LogP contribution in [0.25, 0.3) is 0 Å². The summed E-state index contributed by atoms with van der Waals surface area (Å²) in [6, 6.07) is 14.5. The predicted molar refractivity (Wildman–Crippen MR) is 96.1 cm³/mol. The van der Waals surface area contributed by atoms with Gasteiger partial charge < -0.3 is 14.4 Å². The molecule has 1 atom stereocenters. The molecule has 1 amide bonds. The Kier molecular flexibility index (Phi) is 5.38. The number of rotatable bonds is 4. The third kappa shape index (κ3) is 3.85. The molecule has 0 saturated carbocycles. The van der Waals surface area contributed by atoms with Crippen molar-refractivity contribution in [3.8, 4) is 5.75 Å². The highest BCUT2D eigenvalue weighted by molar-refractivity contribution is 9.10. The van der Waals surface area contributed by atoms with Crippen LogP contribution in [0.15, 0.2) is 53.0 Å². The number of hydrogen-bond acceptors (Lipinski definition) is 4. The first-order valence-electron chi connectivity index (χ1n) is 7.91. The minimum Gasteiger partial charge on any atom is -0.483 e. The first kappa shape index (κ1) is 17.5. The molecule has 1 aliphatic rings. The maximum atomic E-state index is 12.7. The van der Waals surface area contributed by atoms with Crippen LogP contribution in [-0.4, -0.2) is 36.5 Å². The zero-order chi connectivity index (χ0) is 17.8. The van der Waals surface area contributed by atoms with E-state index in [9.17, 15) is 9.59 Å². The summed E-state index contributed by atoms with van der Waals surface area (Å²) >= 11 is 3.39. The molecule has 130 valence electrons. The molecule has 0 aromatic heterocycles. The van der Waals surface area contributed by atoms with Crippen molar-refractivity contribution >= 4 is 27.8 Å². The normalized spacial score (nSPS) is 16.1. The predicted octanol–water partition coefficient (Wildman–Crippen LogP) is 2.95. The molecule has 25 heavy (non-hydrogen) atoms. The van der Waals surface area contributed by atoms with E-state index in [0.29, 0.717) is 18.7 Å². The highest BCUT2D eigenvalue weighted by Gasteiger charge is 2.35. The second-order valence-electron chi connectivity index (χ2n) is 5.75. The van der Waals surface area contributed by atoms with E-state index in [2.05, 4.69) is 15.9 Å². The summed E-state index contributed by atoms with van der Waals surface area (Å²) in [6.07, 6.45) is 0.448. The van der Waals surface area contributed by atoms with Crippen LogP contribution in [0.1, 0.15) is 11.1 Å². The van der Waals surface area contributed by atoms with Gasteiger partial charge in [0, 0.05) is 13.0 Å². The van der Waals surface area contributed by atoms with Crippen molar-refractivity contribution in [3.63, 3.8) is 0 Å². The number of benzene rings is 2. The van der Waals surface area contributed by atoms with Crippen molar-refractivity contribution in [1.82, 2.24) is 4.90 Å². The van der Waals surface area contributed by atoms with Gasteiger partial charge in [-0.1, -0.05) is 36.4 Å². The lowest BCUT2D eigenvalue weighted by Gasteiger charge is -2.35. The number of fused-ring (bicyclic) bond motifs is 1. The number of carbonyl (C=O) groups excluding carboxylic acids is 2. The fraction of sp³-hybridized carbons (Fsp3) is 0.263. The Bertz CT molecular complexity index is 792. The summed E-state index contributed by atoms with van der Waals surface area (Å²) in [5.74, 6) is -0.0766. The Morgan fingerprint density at radius 2 is 1.80 bits per heavy atom. The molecule has 0 aliphatic carbocycles. The molecule has 0 unspecified atom stereocenters. The number of ether oxygens (including phenoxy) is 2. The van der Waals surface area contributed by atoms with Gasteiger partial charge >= 0.3 is 5.97 Å². The van der Waals surface area contributed by atoms with Crippen molar-refractivity contribution in [2.45, 2.75) is 19.0 Å². The molecule has 0 spiro atoms. The molecule has 2 aromatic rings. The Balaban J connectivity index is 1.77. The van der Waals surface area contributed by atoms with Crippen LogP contribution in [-0.2, 0) is 27.3 Å². The summed E-state index contributed by atoms with van der Waals surface area (Å²) in [4.78, 5) is 26.4. The number of amides is 1. The lowest BCUT2D eigenvalue weighted by atomic mass is 9.94. The average Bonchev–Trinajstić information content (AvgIpc) is 2.65. The molecule has 0 fully saturated rings. The monoisotopic (exact) mass is 403 g/mol. The molecule has 0 saturated heterocycles. The zero-order valence-electron chi connectivity index (χ0n) is 13.8. The summed E-state index contributed by atoms with van der Waals surface area (Å²) < 4.78 is 11.3. The van der Waals surface area contributed by atoms with Crippen LogP contribution in [0.4, 0.5) is 0 Å². The average molecular weight is 404 g/mol. The minimum atomic E-state index is -0.629. The molecule has 1 heterocycles. The lowest BCUT2D eigenvalue weighted by Crippen LogP contribution is -2.50. The lowest BCUT2D eigenvalue weighted by molar-refractivity contribution is -0.154. The Morgan fingerprint density at radius 3 is 2.52 bits per heavy atom. The van der Waals surface area contributed by atoms with E-state index in [-0.39, 0.29) is 12.5 Å². The van der Waals surface area contributed by atoms with Crippen molar-refractivity contribution in [1.29, 1.82) is 0 Å². The van der Waals surface area contributed by atoms with Gasteiger partial charge in [-0.05, 0) is 39.2 Å². The molecule has 0 N–H and O–H groups in total. The zero-order valence-corrected chi connectivity index (χ0v) is 15.4. The minimum absolute atomic E-state index is 0.141. The van der Waals surface area contributed by atoms with E-state index in [0.717, 1.165) is 15.6 Å². The number of esters is 1. The Labute approximate surface area is 154 Å². The third-order valence-electron chi connectivity index (χ3n) is 4.23. The summed E-state index contributed by atoms with van der Waals surface area (Å²) in [5, 5.41) is 0. The van der Waals surface area contributed by atoms with Crippen LogP contribution in [0.2, 0.25) is 0 Å². The number of nitrogens with zero attached hydrogens (tertiary/aromatic N) is 1. The highest BCUT2D eigenvalue weighted by atomic mass is 79.9. The van der Waals surface area contributed by atoms with Gasteiger partial charge in [0.1, 0.15) is 11.8 Å². The SMILES string of the molecule is COC(=O)[C@@H]1Cc2ccccc2CN1C(=O)COc1ccccc1Br. The van der Waals surface area contributed by atoms with Crippen LogP contribution >= 0.6 is 15.9 Å². The van der Waals surface area contributed by atoms with E-state index in [4.69, 9.17) is 9.47 Å². The van der Waals surface area contributed by atoms with Gasteiger partial charge in [0.25, 0.3) is 5.91 Å². The van der Waals surface area contributed by atoms with Crippen molar-refractivity contribution in [2.24, 2.45) is 0 Å². The maximum absolute atomic E-state index is 12.7. The summed E-state index contributed by atoms with van der Waals surface area (Å²) in [6.45, 7) is 0.229. The molecule has 5 nitrogen and oxygen atoms in total. The van der Waals surface area contributed by atoms with Crippen LogP contribution in [0.3, 0.4) is 0 Å². The Hall–Kier alpha value is -2.34. The van der Waals surface area contributed by atoms with E-state index in [1.165, 1.54) is 12.0 Å². The van der Waals surface area contributed by atoms with Crippen LogP contribution < -0.4 is 4.74 Å². The van der Waals surface area contributed by atoms with E-state index < -0.39 is 12.0 Å². The van der Waals surface area contributed by atoms with E-state index >= 15 is 0 Å². The summed E-state index contributed by atoms with van der Waals surface area (Å²) in [5.41, 5.74) is 2.10. The number of hydrogen-bond donors (Lipinski definition) is 0. The van der Waals surface area contributed by atoms with Gasteiger partial charge in [0.15, 0.2) is 6.61 Å². The van der Waals surface area contributed by atoms with Crippen molar-refractivity contribution in [2.75, 3.05) is 13.7 Å². The molecule has 6 heteroatoms. The smallest absolute Gasteiger partial charge is 0.328 e. The summed E-state index contributed by atoms with van der Waals surface area (Å²) in [7, 11) is 1.34. The number of methoxy groups -OCH3 is 1. The molecule has 0 radical (unpaired) electrons. The second kappa shape index (κ2) is 7.70. The standard InChI is InChI=1S/C19H18BrNO4/c1-24-19(23)16-10-13-6-2-3-7-14(13)11-21(16)18(22)12-25-17-9-5-4-8-15(17)20/h2-9,16H,10-12H2,1H3/t16-/m0/s1. The Morgan fingerprint density at radius 1 is 1.12 bits per heavy atom. The van der Waals surface area contributed by atoms with E-state index in [1.807, 2.05) is 42.5 Å². The largest absolute Gasteiger partial charge is 0.483 e. The van der Waals surface area contributed by atoms with Gasteiger partial charge in [-0.3, -0.25) is 4.79 Å². The molecule has 0 bridgehead atoms. The van der Waals surface area contributed by atoms with Gasteiger partial charge in [0.05, 0.1) is 11.6 Å². The van der Waals surface area contributed by atoms with Gasteiger partial charge in [0.2, 0.25) is 0 Å². The van der Waals surface area contributed by atoms with Gasteiger partial charge in [-0.25, -0.2) is 4.79 Å². The molecular formula is C19H18BrNO4. The third-order valence-corrected chi connectivity index (χ3v) is 4.89. The quantitative estimate of drug-likeness (QED) is 0.736. The fourth-order valence-electron chi connectivity index (χ4n) is 2.92. The molecule has 3 rings (SSSR count). The van der Waals surface area contributed by atoms with E-state index in [1.54, 1.807) is 6.07 Å². The first-order valence-corrected chi connectivity index (χ1v) is 8.71. The molecule has 1 aliphatic heterocycles. The van der Waals surface area contributed by atoms with Gasteiger partial charge in [-0.15, -0.1) is 0 Å². The number of para-hydroxylation sites is 1. The maximum Gasteiger partial charge on any atom is 0.328 e. The fourth-order valence-corrected chi connectivity index (χ4v) is 3.32. The van der Waals surface area contributed by atoms with Crippen LogP contribution in [0.5, 0.6) is 5.75 Å². The second-order valence-corrected chi connectivity index (χ2v) is 6.61. The topological polar surface area (TPSA) is 55.8 Å². The highest BCUT2D eigenvalue weighted by Crippen LogP contribution is 2.26. The first-order chi connectivity index (χ1) is 12.1. The molecule has 2 aromatic carbocycles. The van der Waals surface area contributed by atoms with Gasteiger partial charge in [-0.2, -0.15) is 0 Å². The molecular weight excluding hydrogens is 386 g/mol.